The van der Waals surface area contributed by atoms with Gasteiger partial charge in [0, 0.05) is 38.3 Å². The predicted octanol–water partition coefficient (Wildman–Crippen LogP) is 2.11. The van der Waals surface area contributed by atoms with Crippen LogP contribution in [-0.4, -0.2) is 31.3 Å². The van der Waals surface area contributed by atoms with Gasteiger partial charge >= 0.3 is 0 Å². The minimum Gasteiger partial charge on any atom is -0.505 e. The van der Waals surface area contributed by atoms with E-state index in [0.717, 1.165) is 19.2 Å². The summed E-state index contributed by atoms with van der Waals surface area (Å²) in [5.74, 6) is -2.07. The molecule has 1 saturated heterocycles. The molecule has 0 unspecified atom stereocenters. The van der Waals surface area contributed by atoms with Crippen LogP contribution in [0.1, 0.15) is 13.8 Å². The lowest BCUT2D eigenvalue weighted by Gasteiger charge is -2.29. The second kappa shape index (κ2) is 6.39. The molecule has 96 valence electrons. The Kier molecular flexibility index (Phi) is 5.15. The number of piperazine rings is 1. The summed E-state index contributed by atoms with van der Waals surface area (Å²) in [6.45, 7) is 6.83. The van der Waals surface area contributed by atoms with Crippen molar-refractivity contribution in [1.29, 1.82) is 0 Å². The SMILES string of the molecule is CC.Oc1cc(N2CCNCC2)c(F)cc1F. The Balaban J connectivity index is 0.000000686. The molecule has 1 fully saturated rings. The van der Waals surface area contributed by atoms with Crippen LogP contribution >= 0.6 is 0 Å². The number of phenols is 1. The summed E-state index contributed by atoms with van der Waals surface area (Å²) in [5.41, 5.74) is 0.260. The van der Waals surface area contributed by atoms with E-state index >= 15 is 0 Å². The molecule has 0 atom stereocenters. The van der Waals surface area contributed by atoms with E-state index in [1.807, 2.05) is 13.8 Å². The number of rotatable bonds is 1. The molecule has 2 rings (SSSR count). The van der Waals surface area contributed by atoms with Gasteiger partial charge in [-0.3, -0.25) is 0 Å². The predicted molar refractivity (Wildman–Crippen MR) is 64.5 cm³/mol. The van der Waals surface area contributed by atoms with Crippen LogP contribution in [0.5, 0.6) is 5.75 Å². The number of hydrogen-bond donors (Lipinski definition) is 2. The lowest BCUT2D eigenvalue weighted by atomic mass is 10.2. The van der Waals surface area contributed by atoms with Crippen LogP contribution in [0, 0.1) is 11.6 Å². The van der Waals surface area contributed by atoms with E-state index in [-0.39, 0.29) is 5.69 Å². The van der Waals surface area contributed by atoms with Gasteiger partial charge in [0.25, 0.3) is 0 Å². The maximum absolute atomic E-state index is 13.4. The highest BCUT2D eigenvalue weighted by atomic mass is 19.1. The second-order valence-corrected chi connectivity index (χ2v) is 3.49. The van der Waals surface area contributed by atoms with Crippen LogP contribution in [0.25, 0.3) is 0 Å². The highest BCUT2D eigenvalue weighted by molar-refractivity contribution is 5.52. The molecule has 0 aliphatic carbocycles. The lowest BCUT2D eigenvalue weighted by Crippen LogP contribution is -2.43. The fraction of sp³-hybridized carbons (Fsp3) is 0.500. The fourth-order valence-electron chi connectivity index (χ4n) is 1.67. The molecular weight excluding hydrogens is 226 g/mol. The fourth-order valence-corrected chi connectivity index (χ4v) is 1.67. The number of nitrogens with zero attached hydrogens (tertiary/aromatic N) is 1. The number of halogens is 2. The Morgan fingerprint density at radius 1 is 1.12 bits per heavy atom. The summed E-state index contributed by atoms with van der Waals surface area (Å²) >= 11 is 0. The Bertz CT molecular complexity index is 366. The molecule has 0 amide bonds. The summed E-state index contributed by atoms with van der Waals surface area (Å²) in [6, 6.07) is 1.85. The standard InChI is InChI=1S/C10H12F2N2O.C2H6/c11-7-5-8(12)10(15)6-9(7)14-3-1-13-2-4-14;1-2/h5-6,13,15H,1-4H2;1-2H3. The van der Waals surface area contributed by atoms with Crippen LogP contribution in [-0.2, 0) is 0 Å². The normalized spacial score (nSPS) is 15.2. The molecule has 0 radical (unpaired) electrons. The minimum atomic E-state index is -0.925. The molecule has 0 aromatic heterocycles. The largest absolute Gasteiger partial charge is 0.505 e. The summed E-state index contributed by atoms with van der Waals surface area (Å²) < 4.78 is 26.2. The highest BCUT2D eigenvalue weighted by Gasteiger charge is 2.16. The summed E-state index contributed by atoms with van der Waals surface area (Å²) in [6.07, 6.45) is 0. The van der Waals surface area contributed by atoms with Gasteiger partial charge in [-0.1, -0.05) is 13.8 Å². The highest BCUT2D eigenvalue weighted by Crippen LogP contribution is 2.27. The third-order valence-electron chi connectivity index (χ3n) is 2.47. The van der Waals surface area contributed by atoms with E-state index in [9.17, 15) is 13.9 Å². The van der Waals surface area contributed by atoms with Crippen molar-refractivity contribution in [2.24, 2.45) is 0 Å². The minimum absolute atomic E-state index is 0.260. The quantitative estimate of drug-likeness (QED) is 0.794. The van der Waals surface area contributed by atoms with Gasteiger partial charge in [0.05, 0.1) is 5.69 Å². The molecule has 1 aromatic carbocycles. The summed E-state index contributed by atoms with van der Waals surface area (Å²) in [5, 5.41) is 12.3. The topological polar surface area (TPSA) is 35.5 Å². The number of hydrogen-bond acceptors (Lipinski definition) is 3. The van der Waals surface area contributed by atoms with Crippen molar-refractivity contribution in [2.45, 2.75) is 13.8 Å². The zero-order valence-corrected chi connectivity index (χ0v) is 10.1. The summed E-state index contributed by atoms with van der Waals surface area (Å²) in [7, 11) is 0. The zero-order valence-electron chi connectivity index (χ0n) is 10.1. The van der Waals surface area contributed by atoms with Gasteiger partial charge in [0.15, 0.2) is 11.6 Å². The third-order valence-corrected chi connectivity index (χ3v) is 2.47. The second-order valence-electron chi connectivity index (χ2n) is 3.49. The first kappa shape index (κ1) is 13.7. The molecule has 0 saturated carbocycles. The molecular formula is C12H18F2N2O. The Morgan fingerprint density at radius 2 is 1.71 bits per heavy atom. The Morgan fingerprint density at radius 3 is 2.29 bits per heavy atom. The van der Waals surface area contributed by atoms with Crippen molar-refractivity contribution in [3.05, 3.63) is 23.8 Å². The number of phenolic OH excluding ortho intramolecular Hbond substituents is 1. The van der Waals surface area contributed by atoms with E-state index in [0.29, 0.717) is 19.2 Å². The average Bonchev–Trinajstić information content (AvgIpc) is 2.37. The maximum Gasteiger partial charge on any atom is 0.167 e. The van der Waals surface area contributed by atoms with Crippen molar-refractivity contribution in [2.75, 3.05) is 31.1 Å². The van der Waals surface area contributed by atoms with E-state index in [1.165, 1.54) is 0 Å². The maximum atomic E-state index is 13.4. The van der Waals surface area contributed by atoms with Crippen LogP contribution < -0.4 is 10.2 Å². The molecule has 1 heterocycles. The molecule has 0 bridgehead atoms. The number of aromatic hydroxyl groups is 1. The van der Waals surface area contributed by atoms with Gasteiger partial charge < -0.3 is 15.3 Å². The third kappa shape index (κ3) is 3.30. The molecule has 0 spiro atoms. The number of anilines is 1. The monoisotopic (exact) mass is 244 g/mol. The van der Waals surface area contributed by atoms with Crippen molar-refractivity contribution in [3.8, 4) is 5.75 Å². The van der Waals surface area contributed by atoms with Crippen LogP contribution in [0.15, 0.2) is 12.1 Å². The van der Waals surface area contributed by atoms with Crippen molar-refractivity contribution in [1.82, 2.24) is 5.32 Å². The van der Waals surface area contributed by atoms with Gasteiger partial charge in [0.1, 0.15) is 5.82 Å². The molecule has 17 heavy (non-hydrogen) atoms. The van der Waals surface area contributed by atoms with Crippen LogP contribution in [0.4, 0.5) is 14.5 Å². The molecule has 1 aromatic rings. The first-order chi connectivity index (χ1) is 8.18. The number of nitrogens with one attached hydrogen (secondary N) is 1. The van der Waals surface area contributed by atoms with Gasteiger partial charge in [-0.2, -0.15) is 0 Å². The van der Waals surface area contributed by atoms with E-state index in [4.69, 9.17) is 0 Å². The Hall–Kier alpha value is -1.36. The first-order valence-electron chi connectivity index (χ1n) is 5.82. The molecule has 5 heteroatoms. The molecule has 2 N–H and O–H groups in total. The van der Waals surface area contributed by atoms with Crippen LogP contribution in [0.3, 0.4) is 0 Å². The van der Waals surface area contributed by atoms with E-state index in [2.05, 4.69) is 5.32 Å². The lowest BCUT2D eigenvalue weighted by molar-refractivity contribution is 0.427. The molecule has 3 nitrogen and oxygen atoms in total. The van der Waals surface area contributed by atoms with E-state index < -0.39 is 17.4 Å². The number of benzene rings is 1. The summed E-state index contributed by atoms with van der Waals surface area (Å²) in [4.78, 5) is 1.78. The smallest absolute Gasteiger partial charge is 0.167 e. The van der Waals surface area contributed by atoms with Gasteiger partial charge in [0.2, 0.25) is 0 Å². The molecule has 1 aliphatic rings. The molecule has 1 aliphatic heterocycles. The van der Waals surface area contributed by atoms with Gasteiger partial charge in [-0.05, 0) is 0 Å². The first-order valence-corrected chi connectivity index (χ1v) is 5.82. The van der Waals surface area contributed by atoms with Gasteiger partial charge in [-0.25, -0.2) is 8.78 Å². The van der Waals surface area contributed by atoms with Crippen LogP contribution in [0.2, 0.25) is 0 Å². The zero-order chi connectivity index (χ0) is 12.8. The van der Waals surface area contributed by atoms with Crippen molar-refractivity contribution < 1.29 is 13.9 Å². The Labute approximate surface area is 100 Å². The van der Waals surface area contributed by atoms with Gasteiger partial charge in [-0.15, -0.1) is 0 Å². The van der Waals surface area contributed by atoms with E-state index in [1.54, 1.807) is 4.90 Å². The van der Waals surface area contributed by atoms with Crippen molar-refractivity contribution in [3.63, 3.8) is 0 Å². The average molecular weight is 244 g/mol. The van der Waals surface area contributed by atoms with Crippen molar-refractivity contribution >= 4 is 5.69 Å².